The summed E-state index contributed by atoms with van der Waals surface area (Å²) in [5.74, 6) is 2.15. The zero-order valence-electron chi connectivity index (χ0n) is 19.3. The quantitative estimate of drug-likeness (QED) is 0.679. The van der Waals surface area contributed by atoms with Crippen molar-refractivity contribution in [3.63, 3.8) is 0 Å². The molecule has 0 N–H and O–H groups in total. The molecule has 2 aromatic carbocycles. The first kappa shape index (κ1) is 22.7. The number of amides is 2. The minimum atomic E-state index is -0.219. The molecule has 7 nitrogen and oxygen atoms in total. The Hall–Kier alpha value is -2.93. The van der Waals surface area contributed by atoms with Crippen LogP contribution in [-0.2, 0) is 6.42 Å². The molecule has 0 saturated carbocycles. The minimum absolute atomic E-state index is 0.0168. The van der Waals surface area contributed by atoms with E-state index < -0.39 is 0 Å². The number of hydrogen-bond acceptors (Lipinski definition) is 5. The van der Waals surface area contributed by atoms with Crippen LogP contribution in [-0.4, -0.2) is 82.8 Å². The first-order valence-corrected chi connectivity index (χ1v) is 10.4. The number of urea groups is 1. The predicted octanol–water partition coefficient (Wildman–Crippen LogP) is 3.27. The first-order chi connectivity index (χ1) is 14.9. The van der Waals surface area contributed by atoms with Crippen molar-refractivity contribution in [3.8, 4) is 17.2 Å². The van der Waals surface area contributed by atoms with E-state index in [0.29, 0.717) is 24.6 Å². The highest BCUT2D eigenvalue weighted by molar-refractivity contribution is 5.76. The number of carbonyl (C=O) groups excluding carboxylic acids is 1. The number of benzene rings is 2. The number of likely N-dealkylation sites (N-methyl/N-ethyl adjacent to an activating group) is 2. The second kappa shape index (κ2) is 9.92. The number of fused-ring (bicyclic) bond motifs is 1. The van der Waals surface area contributed by atoms with Crippen molar-refractivity contribution in [2.75, 3.05) is 62.1 Å². The van der Waals surface area contributed by atoms with E-state index in [0.717, 1.165) is 29.8 Å². The van der Waals surface area contributed by atoms with E-state index >= 15 is 0 Å². The van der Waals surface area contributed by atoms with Crippen LogP contribution < -0.4 is 14.2 Å². The lowest BCUT2D eigenvalue weighted by atomic mass is 9.87. The number of nitrogens with zero attached hydrogens (tertiary/aromatic N) is 3. The molecule has 0 saturated heterocycles. The molecule has 1 aliphatic heterocycles. The van der Waals surface area contributed by atoms with Gasteiger partial charge in [-0.2, -0.15) is 0 Å². The first-order valence-electron chi connectivity index (χ1n) is 10.4. The van der Waals surface area contributed by atoms with Crippen LogP contribution in [0.4, 0.5) is 4.79 Å². The molecule has 2 amide bonds. The molecule has 168 valence electrons. The summed E-state index contributed by atoms with van der Waals surface area (Å²) < 4.78 is 16.4. The van der Waals surface area contributed by atoms with Gasteiger partial charge in [-0.15, -0.1) is 0 Å². The molecule has 1 heterocycles. The molecule has 0 aromatic heterocycles. The Labute approximate surface area is 185 Å². The Morgan fingerprint density at radius 3 is 2.19 bits per heavy atom. The Morgan fingerprint density at radius 2 is 1.61 bits per heavy atom. The molecule has 0 fully saturated rings. The van der Waals surface area contributed by atoms with Crippen LogP contribution >= 0.6 is 0 Å². The molecule has 7 heteroatoms. The van der Waals surface area contributed by atoms with Gasteiger partial charge in [-0.3, -0.25) is 0 Å². The molecule has 0 spiro atoms. The fraction of sp³-hybridized carbons (Fsp3) is 0.458. The van der Waals surface area contributed by atoms with Gasteiger partial charge in [0.05, 0.1) is 27.4 Å². The van der Waals surface area contributed by atoms with Crippen molar-refractivity contribution in [2.24, 2.45) is 0 Å². The summed E-state index contributed by atoms with van der Waals surface area (Å²) in [6.07, 6.45) is 0.760. The molecule has 1 unspecified atom stereocenters. The molecule has 31 heavy (non-hydrogen) atoms. The van der Waals surface area contributed by atoms with Gasteiger partial charge in [-0.05, 0) is 61.5 Å². The molecule has 0 radical (unpaired) electrons. The lowest BCUT2D eigenvalue weighted by molar-refractivity contribution is 0.143. The third-order valence-corrected chi connectivity index (χ3v) is 5.76. The number of ether oxygens (including phenoxy) is 3. The minimum Gasteiger partial charge on any atom is -0.497 e. The van der Waals surface area contributed by atoms with Crippen molar-refractivity contribution in [1.82, 2.24) is 14.7 Å². The van der Waals surface area contributed by atoms with E-state index in [4.69, 9.17) is 14.2 Å². The van der Waals surface area contributed by atoms with Gasteiger partial charge in [-0.25, -0.2) is 4.79 Å². The molecular formula is C24H33N3O4. The van der Waals surface area contributed by atoms with Crippen molar-refractivity contribution in [2.45, 2.75) is 12.5 Å². The van der Waals surface area contributed by atoms with Gasteiger partial charge in [0, 0.05) is 26.7 Å². The smallest absolute Gasteiger partial charge is 0.320 e. The summed E-state index contributed by atoms with van der Waals surface area (Å²) in [6.45, 7) is 2.10. The molecule has 1 atom stereocenters. The molecule has 3 rings (SSSR count). The second-order valence-electron chi connectivity index (χ2n) is 8.03. The summed E-state index contributed by atoms with van der Waals surface area (Å²) >= 11 is 0. The van der Waals surface area contributed by atoms with E-state index in [1.807, 2.05) is 62.4 Å². The third-order valence-electron chi connectivity index (χ3n) is 5.76. The fourth-order valence-corrected chi connectivity index (χ4v) is 3.96. The number of methoxy groups -OCH3 is 3. The normalized spacial score (nSPS) is 15.5. The van der Waals surface area contributed by atoms with Gasteiger partial charge in [0.1, 0.15) is 5.75 Å². The maximum Gasteiger partial charge on any atom is 0.320 e. The van der Waals surface area contributed by atoms with Gasteiger partial charge in [-0.1, -0.05) is 12.1 Å². The Kier molecular flexibility index (Phi) is 7.28. The standard InChI is InChI=1S/C24H33N3O4/c1-25(2)13-14-26(3)24(28)27-12-11-18-15-21(30-5)22(31-6)16-20(18)23(27)17-7-9-19(29-4)10-8-17/h7-10,15-16,23H,11-14H2,1-6H3. The largest absolute Gasteiger partial charge is 0.497 e. The summed E-state index contributed by atoms with van der Waals surface area (Å²) in [5, 5.41) is 0. The molecule has 0 bridgehead atoms. The average Bonchev–Trinajstić information content (AvgIpc) is 2.80. The van der Waals surface area contributed by atoms with Crippen molar-refractivity contribution in [3.05, 3.63) is 53.1 Å². The molecule has 0 aliphatic carbocycles. The topological polar surface area (TPSA) is 54.5 Å². The van der Waals surface area contributed by atoms with Crippen molar-refractivity contribution < 1.29 is 19.0 Å². The Bertz CT molecular complexity index is 898. The maximum atomic E-state index is 13.5. The highest BCUT2D eigenvalue weighted by Crippen LogP contribution is 2.41. The molecule has 2 aromatic rings. The molecule has 1 aliphatic rings. The van der Waals surface area contributed by atoms with Crippen LogP contribution in [0.15, 0.2) is 36.4 Å². The monoisotopic (exact) mass is 427 g/mol. The Morgan fingerprint density at radius 1 is 0.968 bits per heavy atom. The lowest BCUT2D eigenvalue weighted by Crippen LogP contribution is -2.48. The highest BCUT2D eigenvalue weighted by Gasteiger charge is 2.34. The van der Waals surface area contributed by atoms with Crippen LogP contribution in [0.3, 0.4) is 0 Å². The highest BCUT2D eigenvalue weighted by atomic mass is 16.5. The number of rotatable bonds is 7. The van der Waals surface area contributed by atoms with Crippen LogP contribution in [0.25, 0.3) is 0 Å². The number of hydrogen-bond donors (Lipinski definition) is 0. The third kappa shape index (κ3) is 4.88. The summed E-state index contributed by atoms with van der Waals surface area (Å²) in [7, 11) is 10.8. The van der Waals surface area contributed by atoms with E-state index in [1.54, 1.807) is 26.2 Å². The van der Waals surface area contributed by atoms with Gasteiger partial charge in [0.2, 0.25) is 0 Å². The molecular weight excluding hydrogens is 394 g/mol. The van der Waals surface area contributed by atoms with E-state index in [1.165, 1.54) is 5.56 Å². The van der Waals surface area contributed by atoms with Gasteiger partial charge in [0.15, 0.2) is 11.5 Å². The van der Waals surface area contributed by atoms with E-state index in [2.05, 4.69) is 4.90 Å². The summed E-state index contributed by atoms with van der Waals surface area (Å²) in [4.78, 5) is 19.3. The summed E-state index contributed by atoms with van der Waals surface area (Å²) in [6, 6.07) is 11.7. The van der Waals surface area contributed by atoms with Gasteiger partial charge in [0.25, 0.3) is 0 Å². The SMILES string of the molecule is COc1ccc(C2c3cc(OC)c(OC)cc3CCN2C(=O)N(C)CCN(C)C)cc1. The van der Waals surface area contributed by atoms with Crippen LogP contribution in [0.5, 0.6) is 17.2 Å². The van der Waals surface area contributed by atoms with Crippen LogP contribution in [0, 0.1) is 0 Å². The Balaban J connectivity index is 2.04. The predicted molar refractivity (Wildman–Crippen MR) is 121 cm³/mol. The second-order valence-corrected chi connectivity index (χ2v) is 8.03. The van der Waals surface area contributed by atoms with E-state index in [9.17, 15) is 4.79 Å². The van der Waals surface area contributed by atoms with Crippen molar-refractivity contribution >= 4 is 6.03 Å². The average molecular weight is 428 g/mol. The van der Waals surface area contributed by atoms with Crippen LogP contribution in [0.1, 0.15) is 22.7 Å². The van der Waals surface area contributed by atoms with Crippen LogP contribution in [0.2, 0.25) is 0 Å². The zero-order valence-corrected chi connectivity index (χ0v) is 19.3. The maximum absolute atomic E-state index is 13.5. The summed E-state index contributed by atoms with van der Waals surface area (Å²) in [5.41, 5.74) is 3.25. The number of carbonyl (C=O) groups is 1. The van der Waals surface area contributed by atoms with Gasteiger partial charge >= 0.3 is 6.03 Å². The van der Waals surface area contributed by atoms with Crippen molar-refractivity contribution in [1.29, 1.82) is 0 Å². The van der Waals surface area contributed by atoms with Gasteiger partial charge < -0.3 is 28.9 Å². The zero-order chi connectivity index (χ0) is 22.5. The fourth-order valence-electron chi connectivity index (χ4n) is 3.96. The van der Waals surface area contributed by atoms with E-state index in [-0.39, 0.29) is 12.1 Å². The lowest BCUT2D eigenvalue weighted by Gasteiger charge is -2.40.